The quantitative estimate of drug-likeness (QED) is 0.183. The Labute approximate surface area is 239 Å². The highest BCUT2D eigenvalue weighted by Crippen LogP contribution is 2.55. The van der Waals surface area contributed by atoms with Crippen LogP contribution in [0.1, 0.15) is 56.9 Å². The number of unbranched alkanes of at least 4 members (excludes halogenated alkanes) is 2. The average molecular weight is 612 g/mol. The van der Waals surface area contributed by atoms with Crippen LogP contribution in [0, 0.1) is 17.8 Å². The van der Waals surface area contributed by atoms with Crippen LogP contribution in [-0.2, 0) is 24.0 Å². The molecule has 0 radical (unpaired) electrons. The maximum Gasteiger partial charge on any atom is 0.303 e. The molecule has 0 bridgehead atoms. The van der Waals surface area contributed by atoms with Gasteiger partial charge in [-0.3, -0.25) is 28.9 Å². The van der Waals surface area contributed by atoms with E-state index in [1.54, 1.807) is 19.1 Å². The summed E-state index contributed by atoms with van der Waals surface area (Å²) >= 11 is 3.22. The summed E-state index contributed by atoms with van der Waals surface area (Å²) in [5, 5.41) is 19.2. The van der Waals surface area contributed by atoms with Crippen LogP contribution in [0.25, 0.3) is 0 Å². The lowest BCUT2D eigenvalue weighted by molar-refractivity contribution is -0.141. The van der Waals surface area contributed by atoms with E-state index in [4.69, 9.17) is 9.84 Å². The second-order valence-electron chi connectivity index (χ2n) is 10.6. The lowest BCUT2D eigenvalue weighted by Crippen LogP contribution is -2.39. The Morgan fingerprint density at radius 3 is 2.60 bits per heavy atom. The molecule has 0 saturated carbocycles. The van der Waals surface area contributed by atoms with Crippen LogP contribution in [0.5, 0.6) is 11.5 Å². The number of carboxylic acid groups (broad SMARTS) is 1. The zero-order valence-electron chi connectivity index (χ0n) is 22.0. The van der Waals surface area contributed by atoms with Gasteiger partial charge in [0.15, 0.2) is 23.1 Å². The number of nitrogens with zero attached hydrogens (tertiary/aromatic N) is 1. The van der Waals surface area contributed by atoms with Crippen molar-refractivity contribution in [2.45, 2.75) is 51.4 Å². The van der Waals surface area contributed by atoms with Crippen molar-refractivity contribution in [3.8, 4) is 11.5 Å². The number of halogens is 1. The van der Waals surface area contributed by atoms with Crippen LogP contribution in [0.3, 0.4) is 0 Å². The number of Topliss-reactive ketones (excluding diaryl/α,β-unsaturated/α-hetero) is 1. The third kappa shape index (κ3) is 4.82. The number of amides is 2. The van der Waals surface area contributed by atoms with Crippen molar-refractivity contribution in [1.82, 2.24) is 4.90 Å². The number of hydrogen-bond donors (Lipinski definition) is 2. The second kappa shape index (κ2) is 11.2. The van der Waals surface area contributed by atoms with Gasteiger partial charge in [0.25, 0.3) is 0 Å². The molecule has 1 aliphatic heterocycles. The van der Waals surface area contributed by atoms with E-state index in [0.29, 0.717) is 49.0 Å². The molecule has 0 spiro atoms. The maximum absolute atomic E-state index is 13.7. The van der Waals surface area contributed by atoms with Crippen LogP contribution < -0.4 is 4.74 Å². The van der Waals surface area contributed by atoms with E-state index in [0.717, 1.165) is 5.57 Å². The largest absolute Gasteiger partial charge is 0.504 e. The Morgan fingerprint density at radius 2 is 1.88 bits per heavy atom. The Bertz CT molecular complexity index is 1410. The van der Waals surface area contributed by atoms with Crippen molar-refractivity contribution in [3.05, 3.63) is 57.1 Å². The fourth-order valence-electron chi connectivity index (χ4n) is 6.58. The number of ketones is 2. The fourth-order valence-corrected chi connectivity index (χ4v) is 7.02. The normalized spacial score (nSPS) is 25.8. The van der Waals surface area contributed by atoms with E-state index in [-0.39, 0.29) is 58.7 Å². The molecular formula is C30H30BrNO8. The van der Waals surface area contributed by atoms with E-state index in [2.05, 4.69) is 15.9 Å². The molecule has 1 aromatic carbocycles. The second-order valence-corrected chi connectivity index (χ2v) is 11.4. The van der Waals surface area contributed by atoms with Crippen molar-refractivity contribution in [2.75, 3.05) is 13.2 Å². The first-order chi connectivity index (χ1) is 19.1. The Balaban J connectivity index is 1.51. The van der Waals surface area contributed by atoms with Crippen molar-refractivity contribution in [3.63, 3.8) is 0 Å². The number of carbonyl (C=O) groups excluding carboxylic acids is 4. The number of aliphatic carboxylic acids is 1. The summed E-state index contributed by atoms with van der Waals surface area (Å²) in [5.41, 5.74) is 2.17. The highest BCUT2D eigenvalue weighted by Gasteiger charge is 2.56. The van der Waals surface area contributed by atoms with Crippen LogP contribution in [0.15, 0.2) is 51.6 Å². The molecule has 5 rings (SSSR count). The van der Waals surface area contributed by atoms with Crippen LogP contribution in [0.2, 0.25) is 0 Å². The molecule has 210 valence electrons. The van der Waals surface area contributed by atoms with Crippen LogP contribution >= 0.6 is 15.9 Å². The summed E-state index contributed by atoms with van der Waals surface area (Å²) in [5.74, 6) is -4.07. The molecule has 40 heavy (non-hydrogen) atoms. The summed E-state index contributed by atoms with van der Waals surface area (Å²) in [6.07, 6.45) is 5.36. The van der Waals surface area contributed by atoms with Crippen molar-refractivity contribution in [2.24, 2.45) is 17.8 Å². The van der Waals surface area contributed by atoms with E-state index in [9.17, 15) is 29.1 Å². The number of benzene rings is 1. The summed E-state index contributed by atoms with van der Waals surface area (Å²) < 4.78 is 5.75. The van der Waals surface area contributed by atoms with Gasteiger partial charge in [0.05, 0.1) is 22.9 Å². The lowest BCUT2D eigenvalue weighted by Gasteiger charge is -2.42. The number of carbonyl (C=O) groups is 5. The molecule has 9 nitrogen and oxygen atoms in total. The van der Waals surface area contributed by atoms with Gasteiger partial charge < -0.3 is 14.9 Å². The average Bonchev–Trinajstić information content (AvgIpc) is 3.16. The number of fused-ring (bicyclic) bond motifs is 3. The van der Waals surface area contributed by atoms with Gasteiger partial charge in [-0.05, 0) is 72.2 Å². The van der Waals surface area contributed by atoms with Gasteiger partial charge in [-0.2, -0.15) is 0 Å². The molecule has 10 heteroatoms. The highest BCUT2D eigenvalue weighted by atomic mass is 79.9. The number of imide groups is 1. The van der Waals surface area contributed by atoms with E-state index >= 15 is 0 Å². The number of aromatic hydroxyl groups is 1. The number of ether oxygens (including phenoxy) is 1. The molecule has 1 heterocycles. The molecule has 4 atom stereocenters. The van der Waals surface area contributed by atoms with E-state index in [1.165, 1.54) is 17.0 Å². The number of likely N-dealkylation sites (tertiary alicyclic amines) is 1. The maximum atomic E-state index is 13.7. The predicted octanol–water partition coefficient (Wildman–Crippen LogP) is 4.20. The minimum atomic E-state index is -0.877. The summed E-state index contributed by atoms with van der Waals surface area (Å²) in [4.78, 5) is 65.8. The van der Waals surface area contributed by atoms with Gasteiger partial charge in [-0.1, -0.05) is 24.1 Å². The number of phenols is 1. The summed E-state index contributed by atoms with van der Waals surface area (Å²) in [6, 6.07) is 4.85. The summed E-state index contributed by atoms with van der Waals surface area (Å²) in [7, 11) is 0. The number of allylic oxidation sites excluding steroid dienone is 6. The molecule has 2 amide bonds. The fraction of sp³-hybridized carbons (Fsp3) is 0.433. The molecule has 2 N–H and O–H groups in total. The SMILES string of the molecule is CCOc1cc([C@H]2C3=CC[C@@H]4C(=O)N(CCCCCC(=O)O)C(=O)[C@@H]4[C@@H]3CC3=C2C(=O)C=C(Br)C3=O)ccc1O. The van der Waals surface area contributed by atoms with Gasteiger partial charge in [0.1, 0.15) is 0 Å². The molecule has 4 aliphatic rings. The van der Waals surface area contributed by atoms with Gasteiger partial charge >= 0.3 is 5.97 Å². The van der Waals surface area contributed by atoms with Gasteiger partial charge in [-0.15, -0.1) is 0 Å². The molecule has 0 unspecified atom stereocenters. The van der Waals surface area contributed by atoms with Crippen molar-refractivity contribution >= 4 is 45.3 Å². The number of carboxylic acids is 1. The molecule has 1 aromatic rings. The first kappa shape index (κ1) is 28.0. The zero-order valence-corrected chi connectivity index (χ0v) is 23.6. The molecule has 3 aliphatic carbocycles. The minimum Gasteiger partial charge on any atom is -0.504 e. The Hall–Kier alpha value is -3.53. The van der Waals surface area contributed by atoms with Crippen molar-refractivity contribution < 1.29 is 38.9 Å². The predicted molar refractivity (Wildman–Crippen MR) is 147 cm³/mol. The Kier molecular flexibility index (Phi) is 7.81. The van der Waals surface area contributed by atoms with Gasteiger partial charge in [0.2, 0.25) is 11.8 Å². The van der Waals surface area contributed by atoms with Gasteiger partial charge in [-0.25, -0.2) is 0 Å². The van der Waals surface area contributed by atoms with Crippen LogP contribution in [0.4, 0.5) is 0 Å². The lowest BCUT2D eigenvalue weighted by atomic mass is 9.59. The summed E-state index contributed by atoms with van der Waals surface area (Å²) in [6.45, 7) is 2.34. The molecule has 0 aromatic heterocycles. The van der Waals surface area contributed by atoms with Crippen LogP contribution in [-0.4, -0.2) is 57.6 Å². The number of rotatable bonds is 9. The van der Waals surface area contributed by atoms with Gasteiger partial charge in [0, 0.05) is 36.1 Å². The molecule has 1 saturated heterocycles. The molecular weight excluding hydrogens is 582 g/mol. The minimum absolute atomic E-state index is 0.0420. The zero-order chi connectivity index (χ0) is 28.7. The first-order valence-corrected chi connectivity index (χ1v) is 14.3. The monoisotopic (exact) mass is 611 g/mol. The number of phenolic OH excluding ortho intramolecular Hbond substituents is 1. The number of hydrogen-bond acceptors (Lipinski definition) is 7. The van der Waals surface area contributed by atoms with Crippen molar-refractivity contribution in [1.29, 1.82) is 0 Å². The smallest absolute Gasteiger partial charge is 0.303 e. The topological polar surface area (TPSA) is 138 Å². The Morgan fingerprint density at radius 1 is 1.10 bits per heavy atom. The first-order valence-electron chi connectivity index (χ1n) is 13.6. The van der Waals surface area contributed by atoms with E-state index in [1.807, 2.05) is 6.08 Å². The third-order valence-corrected chi connectivity index (χ3v) is 8.90. The highest BCUT2D eigenvalue weighted by molar-refractivity contribution is 9.12. The third-order valence-electron chi connectivity index (χ3n) is 8.31. The standard InChI is InChI=1S/C30H30BrNO8/c1-2-40-23-12-15(7-10-21(23)33)25-16-8-9-17-26(18(16)13-19-27(25)22(34)14-20(31)28(19)37)30(39)32(29(17)38)11-5-3-4-6-24(35)36/h7-8,10,12,14,17-18,25-26,33H,2-6,9,11,13H2,1H3,(H,35,36)/t17-,18+,25-,26-/m0/s1. The molecule has 1 fully saturated rings. The van der Waals surface area contributed by atoms with E-state index < -0.39 is 29.6 Å².